The van der Waals surface area contributed by atoms with E-state index in [1.807, 2.05) is 6.92 Å². The van der Waals surface area contributed by atoms with Crippen molar-refractivity contribution >= 4 is 34.1 Å². The van der Waals surface area contributed by atoms with Gasteiger partial charge in [0.2, 0.25) is 5.91 Å². The first-order valence-electron chi connectivity index (χ1n) is 7.97. The van der Waals surface area contributed by atoms with Crippen molar-refractivity contribution in [1.29, 1.82) is 0 Å². The molecule has 0 bridgehead atoms. The predicted octanol–water partition coefficient (Wildman–Crippen LogP) is 2.57. The molecule has 0 spiro atoms. The number of thiophene rings is 1. The number of carboxylic acid groups (broad SMARTS) is 1. The highest BCUT2D eigenvalue weighted by atomic mass is 32.1. The largest absolute Gasteiger partial charge is 0.481 e. The van der Waals surface area contributed by atoms with Crippen LogP contribution in [-0.2, 0) is 22.4 Å². The summed E-state index contributed by atoms with van der Waals surface area (Å²) in [6, 6.07) is 0. The number of unbranched alkanes of at least 4 members (excludes halogenated alkanes) is 1. The van der Waals surface area contributed by atoms with Gasteiger partial charge < -0.3 is 15.7 Å². The van der Waals surface area contributed by atoms with E-state index >= 15 is 0 Å². The maximum absolute atomic E-state index is 12.4. The third kappa shape index (κ3) is 4.54. The van der Waals surface area contributed by atoms with E-state index in [1.54, 1.807) is 0 Å². The predicted molar refractivity (Wildman–Crippen MR) is 89.1 cm³/mol. The minimum absolute atomic E-state index is 0.0774. The Morgan fingerprint density at radius 3 is 2.70 bits per heavy atom. The molecule has 23 heavy (non-hydrogen) atoms. The van der Waals surface area contributed by atoms with Gasteiger partial charge >= 0.3 is 5.97 Å². The molecule has 1 aromatic rings. The Kier molecular flexibility index (Phi) is 6.15. The molecule has 0 radical (unpaired) electrons. The topological polar surface area (TPSA) is 95.5 Å². The molecule has 7 heteroatoms. The molecule has 0 atom stereocenters. The van der Waals surface area contributed by atoms with E-state index in [0.717, 1.165) is 42.5 Å². The second-order valence-corrected chi connectivity index (χ2v) is 6.72. The number of aryl methyl sites for hydroxylation is 1. The molecule has 0 aliphatic heterocycles. The van der Waals surface area contributed by atoms with Crippen LogP contribution in [0.4, 0.5) is 5.00 Å². The number of rotatable bonds is 8. The number of hydrogen-bond donors (Lipinski definition) is 3. The Morgan fingerprint density at radius 1 is 1.22 bits per heavy atom. The highest BCUT2D eigenvalue weighted by molar-refractivity contribution is 7.17. The molecular weight excluding hydrogens is 316 g/mol. The van der Waals surface area contributed by atoms with Crippen LogP contribution in [0.1, 0.15) is 59.8 Å². The molecule has 2 amide bonds. The van der Waals surface area contributed by atoms with Crippen LogP contribution in [0, 0.1) is 0 Å². The molecule has 0 unspecified atom stereocenters. The average molecular weight is 338 g/mol. The maximum atomic E-state index is 12.4. The van der Waals surface area contributed by atoms with Crippen molar-refractivity contribution in [2.75, 3.05) is 11.9 Å². The Labute approximate surface area is 139 Å². The van der Waals surface area contributed by atoms with Crippen LogP contribution in [-0.4, -0.2) is 29.4 Å². The van der Waals surface area contributed by atoms with Gasteiger partial charge in [-0.3, -0.25) is 14.4 Å². The average Bonchev–Trinajstić information content (AvgIpc) is 3.04. The van der Waals surface area contributed by atoms with Crippen LogP contribution in [0.2, 0.25) is 0 Å². The zero-order valence-corrected chi connectivity index (χ0v) is 14.1. The van der Waals surface area contributed by atoms with Crippen LogP contribution in [0.5, 0.6) is 0 Å². The molecule has 6 nitrogen and oxygen atoms in total. The summed E-state index contributed by atoms with van der Waals surface area (Å²) in [7, 11) is 0. The number of nitrogens with one attached hydrogen (secondary N) is 2. The normalized spacial score (nSPS) is 12.7. The summed E-state index contributed by atoms with van der Waals surface area (Å²) in [5, 5.41) is 14.8. The molecule has 1 heterocycles. The fourth-order valence-corrected chi connectivity index (χ4v) is 3.93. The highest BCUT2D eigenvalue weighted by Crippen LogP contribution is 2.39. The summed E-state index contributed by atoms with van der Waals surface area (Å²) in [4.78, 5) is 36.1. The lowest BCUT2D eigenvalue weighted by atomic mass is 10.1. The molecule has 126 valence electrons. The molecule has 1 aliphatic rings. The van der Waals surface area contributed by atoms with Crippen LogP contribution in [0.25, 0.3) is 0 Å². The number of hydrogen-bond acceptors (Lipinski definition) is 4. The van der Waals surface area contributed by atoms with Crippen LogP contribution in [0.15, 0.2) is 0 Å². The van der Waals surface area contributed by atoms with Gasteiger partial charge in [0.15, 0.2) is 0 Å². The Balaban J connectivity index is 2.11. The molecule has 0 aromatic carbocycles. The summed E-state index contributed by atoms with van der Waals surface area (Å²) < 4.78 is 0. The Morgan fingerprint density at radius 2 is 2.00 bits per heavy atom. The van der Waals surface area contributed by atoms with Gasteiger partial charge in [0, 0.05) is 17.8 Å². The second-order valence-electron chi connectivity index (χ2n) is 5.61. The summed E-state index contributed by atoms with van der Waals surface area (Å²) >= 11 is 1.47. The lowest BCUT2D eigenvalue weighted by Gasteiger charge is -2.09. The Bertz CT molecular complexity index is 609. The standard InChI is InChI=1S/C16H22N2O4S/c1-2-3-7-12(19)18-16-14(10-5-4-6-11(10)23-16)15(22)17-9-8-13(20)21/h2-9H2,1H3,(H,17,22)(H,18,19)(H,20,21). The SMILES string of the molecule is CCCCC(=O)Nc1sc2c(c1C(=O)NCCC(=O)O)CCC2. The van der Waals surface area contributed by atoms with Crippen LogP contribution < -0.4 is 10.6 Å². The monoisotopic (exact) mass is 338 g/mol. The minimum atomic E-state index is -0.950. The second kappa shape index (κ2) is 8.10. The number of carbonyl (C=O) groups excluding carboxylic acids is 2. The molecule has 1 aliphatic carbocycles. The zero-order valence-electron chi connectivity index (χ0n) is 13.2. The van der Waals surface area contributed by atoms with Crippen LogP contribution in [0.3, 0.4) is 0 Å². The fourth-order valence-electron chi connectivity index (χ4n) is 2.63. The number of aliphatic carboxylic acids is 1. The van der Waals surface area contributed by atoms with Gasteiger partial charge in [-0.05, 0) is 31.2 Å². The van der Waals surface area contributed by atoms with E-state index in [4.69, 9.17) is 5.11 Å². The number of amides is 2. The van der Waals surface area contributed by atoms with Crippen molar-refractivity contribution in [3.8, 4) is 0 Å². The van der Waals surface area contributed by atoms with Crippen molar-refractivity contribution in [3.63, 3.8) is 0 Å². The molecule has 0 saturated heterocycles. The van der Waals surface area contributed by atoms with Gasteiger partial charge in [0.1, 0.15) is 5.00 Å². The maximum Gasteiger partial charge on any atom is 0.305 e. The molecule has 1 aromatic heterocycles. The Hall–Kier alpha value is -1.89. The van der Waals surface area contributed by atoms with Gasteiger partial charge in [0.05, 0.1) is 12.0 Å². The zero-order chi connectivity index (χ0) is 16.8. The third-order valence-corrected chi connectivity index (χ3v) is 4.99. The van der Waals surface area contributed by atoms with Crippen LogP contribution >= 0.6 is 11.3 Å². The number of carboxylic acids is 1. The first kappa shape index (κ1) is 17.5. The van der Waals surface area contributed by atoms with Gasteiger partial charge in [0.25, 0.3) is 5.91 Å². The first-order chi connectivity index (χ1) is 11.0. The van der Waals surface area contributed by atoms with Crippen molar-refractivity contribution < 1.29 is 19.5 Å². The van der Waals surface area contributed by atoms with Crippen molar-refractivity contribution in [1.82, 2.24) is 5.32 Å². The lowest BCUT2D eigenvalue weighted by molar-refractivity contribution is -0.136. The van der Waals surface area contributed by atoms with Gasteiger partial charge in [-0.25, -0.2) is 0 Å². The molecule has 3 N–H and O–H groups in total. The third-order valence-electron chi connectivity index (χ3n) is 3.78. The van der Waals surface area contributed by atoms with Gasteiger partial charge in [-0.15, -0.1) is 11.3 Å². The van der Waals surface area contributed by atoms with Crippen molar-refractivity contribution in [3.05, 3.63) is 16.0 Å². The summed E-state index contributed by atoms with van der Waals surface area (Å²) in [5.41, 5.74) is 1.53. The van der Waals surface area contributed by atoms with E-state index in [-0.39, 0.29) is 24.8 Å². The summed E-state index contributed by atoms with van der Waals surface area (Å²) in [6.45, 7) is 2.11. The van der Waals surface area contributed by atoms with E-state index in [9.17, 15) is 14.4 Å². The summed E-state index contributed by atoms with van der Waals surface area (Å²) in [5.74, 6) is -1.32. The number of anilines is 1. The molecule has 0 fully saturated rings. The highest BCUT2D eigenvalue weighted by Gasteiger charge is 2.27. The van der Waals surface area contributed by atoms with E-state index < -0.39 is 5.97 Å². The van der Waals surface area contributed by atoms with E-state index in [1.165, 1.54) is 11.3 Å². The van der Waals surface area contributed by atoms with Gasteiger partial charge in [-0.2, -0.15) is 0 Å². The summed E-state index contributed by atoms with van der Waals surface area (Å²) in [6.07, 6.45) is 4.86. The van der Waals surface area contributed by atoms with Gasteiger partial charge in [-0.1, -0.05) is 13.3 Å². The molecule has 0 saturated carbocycles. The molecular formula is C16H22N2O4S. The first-order valence-corrected chi connectivity index (χ1v) is 8.79. The smallest absolute Gasteiger partial charge is 0.305 e. The van der Waals surface area contributed by atoms with Crippen molar-refractivity contribution in [2.45, 2.75) is 51.9 Å². The fraction of sp³-hybridized carbons (Fsp3) is 0.562. The van der Waals surface area contributed by atoms with E-state index in [0.29, 0.717) is 17.0 Å². The lowest BCUT2D eigenvalue weighted by Crippen LogP contribution is -2.27. The quantitative estimate of drug-likeness (QED) is 0.679. The molecule has 2 rings (SSSR count). The minimum Gasteiger partial charge on any atom is -0.481 e. The number of carbonyl (C=O) groups is 3. The van der Waals surface area contributed by atoms with Crippen molar-refractivity contribution in [2.24, 2.45) is 0 Å². The number of fused-ring (bicyclic) bond motifs is 1. The van der Waals surface area contributed by atoms with E-state index in [2.05, 4.69) is 10.6 Å².